The van der Waals surface area contributed by atoms with Crippen LogP contribution in [0.3, 0.4) is 0 Å². The molecule has 0 aliphatic rings. The molecule has 41 nitrogen and oxygen atoms in total. The molecule has 0 unspecified atom stereocenters. The van der Waals surface area contributed by atoms with Crippen LogP contribution in [0.5, 0.6) is 5.75 Å². The maximum absolute atomic E-state index is 14.9. The second-order valence-corrected chi connectivity index (χ2v) is 30.8. The number of nitrogens with two attached hydrogens (primary N) is 5. The zero-order valence-electron chi connectivity index (χ0n) is 68.8. The molecule has 5 aromatic rings. The van der Waals surface area contributed by atoms with Gasteiger partial charge in [0.25, 0.3) is 0 Å². The number of aromatic amines is 2. The number of amides is 15. The number of benzene rings is 3. The van der Waals surface area contributed by atoms with E-state index < -0.39 is 218 Å². The number of thioether (sulfide) groups is 1. The minimum Gasteiger partial charge on any atom is -0.508 e. The number of aromatic hydroxyl groups is 1. The van der Waals surface area contributed by atoms with E-state index in [-0.39, 0.29) is 89.0 Å². The maximum atomic E-state index is 14.9. The van der Waals surface area contributed by atoms with Gasteiger partial charge in [-0.25, -0.2) is 4.98 Å². The second-order valence-electron chi connectivity index (χ2n) is 29.9. The van der Waals surface area contributed by atoms with Crippen molar-refractivity contribution in [3.8, 4) is 5.75 Å². The number of carbonyl (C=O) groups is 16. The molecule has 122 heavy (non-hydrogen) atoms. The molecule has 0 aliphatic heterocycles. The fourth-order valence-electron chi connectivity index (χ4n) is 12.7. The van der Waals surface area contributed by atoms with E-state index in [2.05, 4.69) is 84.1 Å². The third-order valence-electron chi connectivity index (χ3n) is 19.4. The van der Waals surface area contributed by atoms with E-state index in [1.807, 2.05) is 18.2 Å². The van der Waals surface area contributed by atoms with E-state index in [9.17, 15) is 97.1 Å². The van der Waals surface area contributed by atoms with Crippen LogP contribution in [-0.4, -0.2) is 253 Å². The molecule has 29 N–H and O–H groups in total. The topological polar surface area (TPSA) is 685 Å². The Morgan fingerprint density at radius 2 is 0.926 bits per heavy atom. The fraction of sp³-hybridized carbons (Fsp3) is 0.512. The predicted molar refractivity (Wildman–Crippen MR) is 448 cm³/mol. The molecular formula is C80H117N21O20S. The molecule has 0 bridgehead atoms. The third-order valence-corrected chi connectivity index (χ3v) is 20.0. The van der Waals surface area contributed by atoms with Crippen molar-refractivity contribution in [2.75, 3.05) is 38.2 Å². The summed E-state index contributed by atoms with van der Waals surface area (Å²) >= 11 is 1.36. The highest BCUT2D eigenvalue weighted by Gasteiger charge is 2.39. The van der Waals surface area contributed by atoms with Crippen LogP contribution in [0.25, 0.3) is 10.9 Å². The highest BCUT2D eigenvalue weighted by Crippen LogP contribution is 2.21. The van der Waals surface area contributed by atoms with E-state index in [1.54, 1.807) is 62.7 Å². The first-order valence-corrected chi connectivity index (χ1v) is 41.4. The molecule has 2 aromatic heterocycles. The summed E-state index contributed by atoms with van der Waals surface area (Å²) in [5.74, 6) is -16.2. The minimum atomic E-state index is -1.95. The number of hydrogen-bond donors (Lipinski definition) is 24. The molecule has 0 radical (unpaired) electrons. The number of phenolic OH excluding ortho intramolecular Hbond substituents is 1. The number of hydrogen-bond acceptors (Lipinski definition) is 24. The summed E-state index contributed by atoms with van der Waals surface area (Å²) in [5.41, 5.74) is 31.4. The SMILES string of the molecule is CSCC[C@H](NC(=O)[C@H](CCCCN)NC(=O)[C@H](Cc1ccccc1)NC(=O)[C@H](CCCCN)NC(=O)[C@H](CCC(=O)O)NC(=O)[C@H](CO)NC(=O)[C@H](C)NC(=O)[C@H](CCC(N)=O)NC(=O)[C@H](CC(C)C)NC(=O)[C@H](Cc1ccc(O)cc1)NC(=O)[C@@H](NC(=O)[C@@H](N)Cc1cnc[nH]1)[C@@H](C)O)C(=O)N[C@@H](Cc1c[nH]c2ccccc12)C(=O)NCC(N)=O. The number of imidazole rings is 1. The lowest BCUT2D eigenvalue weighted by Crippen LogP contribution is -2.61. The van der Waals surface area contributed by atoms with Gasteiger partial charge in [0.05, 0.1) is 31.6 Å². The van der Waals surface area contributed by atoms with Crippen LogP contribution < -0.4 is 97.8 Å². The number of aromatic nitrogens is 3. The molecule has 0 spiro atoms. The Hall–Kier alpha value is -12.1. The Morgan fingerprint density at radius 3 is 1.43 bits per heavy atom. The monoisotopic (exact) mass is 1720 g/mol. The number of para-hydroxylation sites is 1. The number of aliphatic hydroxyl groups is 2. The van der Waals surface area contributed by atoms with E-state index in [0.29, 0.717) is 41.0 Å². The van der Waals surface area contributed by atoms with Gasteiger partial charge in [-0.2, -0.15) is 11.8 Å². The summed E-state index contributed by atoms with van der Waals surface area (Å²) in [6, 6.07) is 0.944. The number of primary amides is 2. The number of carboxylic acid groups (broad SMARTS) is 1. The van der Waals surface area contributed by atoms with Crippen LogP contribution in [0.1, 0.15) is 127 Å². The van der Waals surface area contributed by atoms with Crippen molar-refractivity contribution in [3.63, 3.8) is 0 Å². The van der Waals surface area contributed by atoms with Crippen molar-refractivity contribution in [1.82, 2.24) is 84.1 Å². The minimum absolute atomic E-state index is 0.0305. The average molecular weight is 1730 g/mol. The standard InChI is InChI=1S/C80H117N21O20S/c1-43(2)33-59(96-78(119)61(35-47-21-23-50(104)24-22-47)99-80(121)67(45(4)103)101-69(110)52(83)37-49-39-86-42-89-49)76(117)93-56(25-27-64(84)105)71(112)90-44(3)68(109)100-63(41-102)79(120)94-57(26-28-66(107)108)74(115)91-55(20-12-14-31-82)73(114)97-60(34-46-15-7-6-8-16-46)77(118)92-54(19-11-13-30-81)72(113)95-58(29-32-122-5)75(116)98-62(70(111)88-40-65(85)106)36-48-38-87-53-18-10-9-17-51(48)53/h6-10,15-18,21-24,38-39,42-45,52,54-63,67,87,102-104H,11-14,19-20,25-37,40-41,81-83H2,1-5H3,(H2,84,105)(H2,85,106)(H,86,89)(H,88,111)(H,90,112)(H,91,115)(H,92,118)(H,93,117)(H,94,120)(H,95,113)(H,96,119)(H,97,114)(H,98,116)(H,99,121)(H,100,109)(H,101,110)(H,107,108)/t44-,45+,52-,54-,55-,56-,57-,58-,59-,60-,61-,62-,63-,67-/m0/s1. The van der Waals surface area contributed by atoms with Gasteiger partial charge in [0.1, 0.15) is 78.3 Å². The molecule has 15 amide bonds. The Bertz CT molecular complexity index is 4310. The molecule has 3 aromatic carbocycles. The molecule has 2 heterocycles. The molecule has 0 saturated heterocycles. The van der Waals surface area contributed by atoms with Crippen molar-refractivity contribution in [2.24, 2.45) is 34.6 Å². The zero-order valence-corrected chi connectivity index (χ0v) is 69.6. The number of carboxylic acids is 1. The molecular weight excluding hydrogens is 1610 g/mol. The number of phenols is 1. The summed E-state index contributed by atoms with van der Waals surface area (Å²) < 4.78 is 0. The first-order valence-electron chi connectivity index (χ1n) is 40.0. The van der Waals surface area contributed by atoms with Crippen LogP contribution in [0.15, 0.2) is 97.6 Å². The maximum Gasteiger partial charge on any atom is 0.303 e. The number of aliphatic carboxylic acids is 1. The molecule has 0 saturated carbocycles. The van der Waals surface area contributed by atoms with E-state index >= 15 is 0 Å². The first-order chi connectivity index (χ1) is 58.0. The molecule has 0 aliphatic carbocycles. The largest absolute Gasteiger partial charge is 0.508 e. The van der Waals surface area contributed by atoms with E-state index in [4.69, 9.17) is 28.7 Å². The highest BCUT2D eigenvalue weighted by molar-refractivity contribution is 7.98. The smallest absolute Gasteiger partial charge is 0.303 e. The Morgan fingerprint density at radius 1 is 0.467 bits per heavy atom. The van der Waals surface area contributed by atoms with Crippen LogP contribution >= 0.6 is 11.8 Å². The van der Waals surface area contributed by atoms with Gasteiger partial charge in [0, 0.05) is 67.5 Å². The van der Waals surface area contributed by atoms with Crippen LogP contribution in [-0.2, 0) is 102 Å². The van der Waals surface area contributed by atoms with E-state index in [0.717, 1.165) is 17.8 Å². The van der Waals surface area contributed by atoms with Gasteiger partial charge in [-0.1, -0.05) is 74.5 Å². The number of nitrogens with one attached hydrogen (secondary N) is 15. The van der Waals surface area contributed by atoms with Crippen LogP contribution in [0.2, 0.25) is 0 Å². The summed E-state index contributed by atoms with van der Waals surface area (Å²) in [6.07, 6.45) is 2.51. The number of fused-ring (bicyclic) bond motifs is 1. The number of rotatable bonds is 56. The van der Waals surface area contributed by atoms with Crippen LogP contribution in [0.4, 0.5) is 0 Å². The van der Waals surface area contributed by atoms with Crippen molar-refractivity contribution in [2.45, 2.75) is 215 Å². The summed E-state index contributed by atoms with van der Waals surface area (Å²) in [6.45, 7) is 4.31. The molecule has 5 rings (SSSR count). The molecule has 42 heteroatoms. The van der Waals surface area contributed by atoms with Gasteiger partial charge in [0.15, 0.2) is 0 Å². The van der Waals surface area contributed by atoms with Crippen molar-refractivity contribution >= 4 is 117 Å². The van der Waals surface area contributed by atoms with Gasteiger partial charge >= 0.3 is 5.97 Å². The van der Waals surface area contributed by atoms with Crippen molar-refractivity contribution < 1.29 is 97.1 Å². The van der Waals surface area contributed by atoms with Gasteiger partial charge in [-0.15, -0.1) is 0 Å². The van der Waals surface area contributed by atoms with Gasteiger partial charge in [-0.3, -0.25) is 76.7 Å². The highest BCUT2D eigenvalue weighted by atomic mass is 32.2. The van der Waals surface area contributed by atoms with Gasteiger partial charge in [-0.05, 0) is 144 Å². The first kappa shape index (κ1) is 100. The molecule has 14 atom stereocenters. The average Bonchev–Trinajstić information content (AvgIpc) is 1.64. The van der Waals surface area contributed by atoms with Crippen LogP contribution in [0, 0.1) is 5.92 Å². The predicted octanol–water partition coefficient (Wildman–Crippen LogP) is -4.81. The van der Waals surface area contributed by atoms with Gasteiger partial charge in [0.2, 0.25) is 88.6 Å². The Balaban J connectivity index is 1.33. The number of carbonyl (C=O) groups excluding carboxylic acids is 15. The van der Waals surface area contributed by atoms with Crippen molar-refractivity contribution in [3.05, 3.63) is 120 Å². The lowest BCUT2D eigenvalue weighted by atomic mass is 9.99. The Labute approximate surface area is 708 Å². The number of H-pyrrole nitrogens is 2. The quantitative estimate of drug-likeness (QED) is 0.0162. The normalized spacial score (nSPS) is 14.6. The van der Waals surface area contributed by atoms with E-state index in [1.165, 1.54) is 55.5 Å². The van der Waals surface area contributed by atoms with Gasteiger partial charge < -0.3 is 128 Å². The number of unbranched alkanes of at least 4 members (excludes halogenated alkanes) is 2. The Kier molecular flexibility index (Phi) is 42.9. The molecule has 668 valence electrons. The summed E-state index contributed by atoms with van der Waals surface area (Å²) in [5, 5.41) is 74.7. The zero-order chi connectivity index (χ0) is 90.1. The molecule has 0 fully saturated rings. The third kappa shape index (κ3) is 34.9. The number of aliphatic hydroxyl groups excluding tert-OH is 2. The summed E-state index contributed by atoms with van der Waals surface area (Å²) in [4.78, 5) is 231. The summed E-state index contributed by atoms with van der Waals surface area (Å²) in [7, 11) is 0. The lowest BCUT2D eigenvalue weighted by molar-refractivity contribution is -0.139. The second kappa shape index (κ2) is 52.1. The number of nitrogens with zero attached hydrogens (tertiary/aromatic N) is 1. The van der Waals surface area contributed by atoms with Crippen molar-refractivity contribution in [1.29, 1.82) is 0 Å². The lowest BCUT2D eigenvalue weighted by Gasteiger charge is -2.28. The fourth-order valence-corrected chi connectivity index (χ4v) is 13.2.